The quantitative estimate of drug-likeness (QED) is 0.707. The summed E-state index contributed by atoms with van der Waals surface area (Å²) in [6.07, 6.45) is 5.13. The Kier molecular flexibility index (Phi) is 5.90. The second-order valence-electron chi connectivity index (χ2n) is 7.94. The molecule has 7 nitrogen and oxygen atoms in total. The van der Waals surface area contributed by atoms with E-state index >= 15 is 0 Å². The SMILES string of the molecule is O=C(NCC1CCCN(C(=O)CCc2nc3ccccc3[nH]2)C1)C1CCCN1. The minimum atomic E-state index is -0.0369. The minimum absolute atomic E-state index is 0.0369. The van der Waals surface area contributed by atoms with Gasteiger partial charge in [0.1, 0.15) is 5.82 Å². The third-order valence-electron chi connectivity index (χ3n) is 5.83. The van der Waals surface area contributed by atoms with Crippen molar-refractivity contribution in [1.82, 2.24) is 25.5 Å². The lowest BCUT2D eigenvalue weighted by Crippen LogP contribution is -2.46. The maximum absolute atomic E-state index is 12.7. The number of aromatic nitrogens is 2. The topological polar surface area (TPSA) is 90.1 Å². The van der Waals surface area contributed by atoms with Crippen LogP contribution in [-0.2, 0) is 16.0 Å². The van der Waals surface area contributed by atoms with Crippen molar-refractivity contribution in [2.24, 2.45) is 5.92 Å². The van der Waals surface area contributed by atoms with Crippen LogP contribution in [0.3, 0.4) is 0 Å². The lowest BCUT2D eigenvalue weighted by molar-refractivity contribution is -0.133. The van der Waals surface area contributed by atoms with E-state index in [4.69, 9.17) is 0 Å². The van der Waals surface area contributed by atoms with Crippen LogP contribution in [0.2, 0.25) is 0 Å². The van der Waals surface area contributed by atoms with Crippen LogP contribution >= 0.6 is 0 Å². The van der Waals surface area contributed by atoms with Gasteiger partial charge in [-0.05, 0) is 50.3 Å². The molecule has 7 heteroatoms. The molecule has 0 radical (unpaired) electrons. The zero-order chi connectivity index (χ0) is 19.3. The second kappa shape index (κ2) is 8.73. The number of nitrogens with one attached hydrogen (secondary N) is 3. The fraction of sp³-hybridized carbons (Fsp3) is 0.571. The van der Waals surface area contributed by atoms with Crippen LogP contribution in [0.5, 0.6) is 0 Å². The molecule has 150 valence electrons. The first-order valence-electron chi connectivity index (χ1n) is 10.4. The maximum Gasteiger partial charge on any atom is 0.237 e. The number of likely N-dealkylation sites (tertiary alicyclic amines) is 1. The summed E-state index contributed by atoms with van der Waals surface area (Å²) in [6, 6.07) is 7.88. The van der Waals surface area contributed by atoms with E-state index in [0.29, 0.717) is 25.3 Å². The van der Waals surface area contributed by atoms with Crippen molar-refractivity contribution < 1.29 is 9.59 Å². The Hall–Kier alpha value is -2.41. The molecule has 2 unspecified atom stereocenters. The van der Waals surface area contributed by atoms with E-state index in [0.717, 1.165) is 62.2 Å². The number of H-pyrrole nitrogens is 1. The number of aromatic amines is 1. The van der Waals surface area contributed by atoms with Gasteiger partial charge in [-0.1, -0.05) is 12.1 Å². The number of rotatable bonds is 6. The van der Waals surface area contributed by atoms with Gasteiger partial charge in [-0.3, -0.25) is 9.59 Å². The summed E-state index contributed by atoms with van der Waals surface area (Å²) in [4.78, 5) is 34.6. The molecule has 2 aliphatic heterocycles. The fourth-order valence-electron chi connectivity index (χ4n) is 4.24. The Morgan fingerprint density at radius 1 is 1.21 bits per heavy atom. The zero-order valence-corrected chi connectivity index (χ0v) is 16.2. The van der Waals surface area contributed by atoms with Gasteiger partial charge >= 0.3 is 0 Å². The largest absolute Gasteiger partial charge is 0.354 e. The predicted molar refractivity (Wildman–Crippen MR) is 108 cm³/mol. The van der Waals surface area contributed by atoms with Crippen molar-refractivity contribution in [3.05, 3.63) is 30.1 Å². The molecular formula is C21H29N5O2. The van der Waals surface area contributed by atoms with E-state index in [1.54, 1.807) is 0 Å². The number of amides is 2. The first-order chi connectivity index (χ1) is 13.7. The maximum atomic E-state index is 12.7. The van der Waals surface area contributed by atoms with Crippen molar-refractivity contribution in [1.29, 1.82) is 0 Å². The van der Waals surface area contributed by atoms with Gasteiger partial charge in [0.15, 0.2) is 0 Å². The van der Waals surface area contributed by atoms with Gasteiger partial charge in [0.2, 0.25) is 11.8 Å². The first kappa shape index (κ1) is 18.9. The predicted octanol–water partition coefficient (Wildman–Crippen LogP) is 1.60. The summed E-state index contributed by atoms with van der Waals surface area (Å²) in [5, 5.41) is 6.30. The van der Waals surface area contributed by atoms with Crippen LogP contribution in [0.15, 0.2) is 24.3 Å². The van der Waals surface area contributed by atoms with Gasteiger partial charge in [-0.15, -0.1) is 0 Å². The normalized spacial score (nSPS) is 22.5. The van der Waals surface area contributed by atoms with Crippen molar-refractivity contribution in [3.63, 3.8) is 0 Å². The Balaban J connectivity index is 1.24. The van der Waals surface area contributed by atoms with Crippen LogP contribution in [0.1, 0.15) is 37.9 Å². The van der Waals surface area contributed by atoms with E-state index in [1.165, 1.54) is 0 Å². The standard InChI is InChI=1S/C21H29N5O2/c27-20(10-9-19-24-16-6-1-2-7-17(16)25-19)26-12-4-5-15(14-26)13-23-21(28)18-8-3-11-22-18/h1-2,6-7,15,18,22H,3-5,8-14H2,(H,23,28)(H,24,25). The van der Waals surface area contributed by atoms with Crippen LogP contribution < -0.4 is 10.6 Å². The molecule has 2 atom stereocenters. The number of piperidine rings is 1. The monoisotopic (exact) mass is 383 g/mol. The van der Waals surface area contributed by atoms with Gasteiger partial charge in [0.05, 0.1) is 17.1 Å². The molecule has 4 rings (SSSR count). The van der Waals surface area contributed by atoms with Crippen molar-refractivity contribution in [3.8, 4) is 0 Å². The molecule has 0 bridgehead atoms. The van der Waals surface area contributed by atoms with Crippen LogP contribution in [-0.4, -0.2) is 58.9 Å². The Bertz CT molecular complexity index is 794. The number of fused-ring (bicyclic) bond motifs is 1. The number of hydrogen-bond donors (Lipinski definition) is 3. The minimum Gasteiger partial charge on any atom is -0.354 e. The molecule has 0 spiro atoms. The van der Waals surface area contributed by atoms with Gasteiger partial charge in [-0.25, -0.2) is 4.98 Å². The van der Waals surface area contributed by atoms with Crippen molar-refractivity contribution >= 4 is 22.8 Å². The van der Waals surface area contributed by atoms with Crippen LogP contribution in [0.4, 0.5) is 0 Å². The smallest absolute Gasteiger partial charge is 0.237 e. The fourth-order valence-corrected chi connectivity index (χ4v) is 4.24. The van der Waals surface area contributed by atoms with E-state index in [2.05, 4.69) is 20.6 Å². The number of hydrogen-bond acceptors (Lipinski definition) is 4. The highest BCUT2D eigenvalue weighted by Crippen LogP contribution is 2.18. The highest BCUT2D eigenvalue weighted by atomic mass is 16.2. The lowest BCUT2D eigenvalue weighted by atomic mass is 9.97. The Labute approximate surface area is 165 Å². The van der Waals surface area contributed by atoms with Crippen molar-refractivity contribution in [2.75, 3.05) is 26.2 Å². The molecule has 2 amide bonds. The Morgan fingerprint density at radius 2 is 2.11 bits per heavy atom. The molecule has 2 aliphatic rings. The van der Waals surface area contributed by atoms with Gasteiger partial charge in [0.25, 0.3) is 0 Å². The van der Waals surface area contributed by atoms with Crippen LogP contribution in [0.25, 0.3) is 11.0 Å². The van der Waals surface area contributed by atoms with Gasteiger partial charge < -0.3 is 20.5 Å². The van der Waals surface area contributed by atoms with Crippen molar-refractivity contribution in [2.45, 2.75) is 44.6 Å². The molecule has 28 heavy (non-hydrogen) atoms. The highest BCUT2D eigenvalue weighted by molar-refractivity contribution is 5.82. The number of carbonyl (C=O) groups excluding carboxylic acids is 2. The van der Waals surface area contributed by atoms with Crippen LogP contribution in [0, 0.1) is 5.92 Å². The highest BCUT2D eigenvalue weighted by Gasteiger charge is 2.26. The average Bonchev–Trinajstić information content (AvgIpc) is 3.40. The van der Waals surface area contributed by atoms with E-state index < -0.39 is 0 Å². The molecule has 2 fully saturated rings. The van der Waals surface area contributed by atoms with Gasteiger partial charge in [-0.2, -0.15) is 0 Å². The van der Waals surface area contributed by atoms with E-state index in [1.807, 2.05) is 29.2 Å². The summed E-state index contributed by atoms with van der Waals surface area (Å²) in [7, 11) is 0. The third-order valence-corrected chi connectivity index (χ3v) is 5.83. The molecule has 3 N–H and O–H groups in total. The number of imidazole rings is 1. The zero-order valence-electron chi connectivity index (χ0n) is 16.2. The number of benzene rings is 1. The number of nitrogens with zero attached hydrogens (tertiary/aromatic N) is 2. The summed E-state index contributed by atoms with van der Waals surface area (Å²) in [6.45, 7) is 3.13. The lowest BCUT2D eigenvalue weighted by Gasteiger charge is -2.33. The molecule has 2 saturated heterocycles. The molecule has 1 aromatic carbocycles. The first-order valence-corrected chi connectivity index (χ1v) is 10.4. The number of para-hydroxylation sites is 2. The third kappa shape index (κ3) is 4.52. The molecule has 0 saturated carbocycles. The number of aryl methyl sites for hydroxylation is 1. The van der Waals surface area contributed by atoms with E-state index in [-0.39, 0.29) is 17.9 Å². The molecular weight excluding hydrogens is 354 g/mol. The summed E-state index contributed by atoms with van der Waals surface area (Å²) in [5.74, 6) is 1.48. The average molecular weight is 383 g/mol. The Morgan fingerprint density at radius 3 is 2.93 bits per heavy atom. The van der Waals surface area contributed by atoms with E-state index in [9.17, 15) is 9.59 Å². The molecule has 0 aliphatic carbocycles. The van der Waals surface area contributed by atoms with Gasteiger partial charge in [0, 0.05) is 32.5 Å². The molecule has 3 heterocycles. The second-order valence-corrected chi connectivity index (χ2v) is 7.94. The molecule has 2 aromatic rings. The number of carbonyl (C=O) groups is 2. The summed E-state index contributed by atoms with van der Waals surface area (Å²) >= 11 is 0. The summed E-state index contributed by atoms with van der Waals surface area (Å²) in [5.41, 5.74) is 1.95. The summed E-state index contributed by atoms with van der Waals surface area (Å²) < 4.78 is 0. The molecule has 1 aromatic heterocycles.